The van der Waals surface area contributed by atoms with Gasteiger partial charge in [0.25, 0.3) is 11.8 Å². The quantitative estimate of drug-likeness (QED) is 0.449. The number of urea groups is 1. The van der Waals surface area contributed by atoms with Crippen molar-refractivity contribution in [1.29, 1.82) is 0 Å². The molecule has 2 heterocycles. The molecule has 2 N–H and O–H groups in total. The highest BCUT2D eigenvalue weighted by atomic mass is 16.7. The van der Waals surface area contributed by atoms with Crippen LogP contribution in [0.1, 0.15) is 47.1 Å². The molecule has 3 aromatic rings. The normalized spacial score (nSPS) is 14.4. The van der Waals surface area contributed by atoms with Crippen LogP contribution in [0.2, 0.25) is 0 Å². The van der Waals surface area contributed by atoms with Gasteiger partial charge in [0.05, 0.1) is 5.56 Å². The van der Waals surface area contributed by atoms with Gasteiger partial charge in [0.15, 0.2) is 11.5 Å². The first-order valence-corrected chi connectivity index (χ1v) is 14.0. The van der Waals surface area contributed by atoms with E-state index in [0.717, 1.165) is 11.3 Å². The summed E-state index contributed by atoms with van der Waals surface area (Å²) >= 11 is 0. The van der Waals surface area contributed by atoms with Gasteiger partial charge in [-0.15, -0.1) is 0 Å². The van der Waals surface area contributed by atoms with Crippen molar-refractivity contribution in [2.24, 2.45) is 0 Å². The second kappa shape index (κ2) is 12.0. The van der Waals surface area contributed by atoms with Crippen LogP contribution in [-0.4, -0.2) is 73.2 Å². The average Bonchev–Trinajstić information content (AvgIpc) is 3.44. The number of piperazine rings is 1. The van der Waals surface area contributed by atoms with E-state index < -0.39 is 0 Å². The zero-order valence-electron chi connectivity index (χ0n) is 24.5. The second-order valence-electron chi connectivity index (χ2n) is 11.6. The zero-order valence-corrected chi connectivity index (χ0v) is 24.5. The Kier molecular flexibility index (Phi) is 8.24. The third-order valence-corrected chi connectivity index (χ3v) is 7.12. The van der Waals surface area contributed by atoms with Gasteiger partial charge in [-0.1, -0.05) is 30.3 Å². The van der Waals surface area contributed by atoms with E-state index in [0.29, 0.717) is 61.0 Å². The number of benzene rings is 3. The highest BCUT2D eigenvalue weighted by molar-refractivity contribution is 6.06. The SMILES string of the molecule is CN(Cc1ccccc1)C(=O)c1cc(NC(=O)c2ccc3c(c2)OCO3)ccc1N1CCN(C(=O)NC(C)(C)C)CC1. The van der Waals surface area contributed by atoms with Crippen LogP contribution in [0.5, 0.6) is 11.5 Å². The van der Waals surface area contributed by atoms with Gasteiger partial charge in [0, 0.05) is 62.2 Å². The Labute approximate surface area is 246 Å². The van der Waals surface area contributed by atoms with Crippen molar-refractivity contribution in [3.8, 4) is 11.5 Å². The summed E-state index contributed by atoms with van der Waals surface area (Å²) in [6.07, 6.45) is 0. The van der Waals surface area contributed by atoms with E-state index in [1.807, 2.05) is 57.2 Å². The largest absolute Gasteiger partial charge is 0.454 e. The van der Waals surface area contributed by atoms with E-state index in [4.69, 9.17) is 9.47 Å². The molecule has 2 aliphatic rings. The molecule has 10 heteroatoms. The maximum absolute atomic E-state index is 13.9. The van der Waals surface area contributed by atoms with Crippen LogP contribution in [0, 0.1) is 0 Å². The van der Waals surface area contributed by atoms with Crippen LogP contribution >= 0.6 is 0 Å². The molecular weight excluding hydrogens is 534 g/mol. The van der Waals surface area contributed by atoms with Crippen LogP contribution in [0.15, 0.2) is 66.7 Å². The van der Waals surface area contributed by atoms with E-state index in [-0.39, 0.29) is 30.2 Å². The Morgan fingerprint density at radius 3 is 2.31 bits per heavy atom. The van der Waals surface area contributed by atoms with Crippen molar-refractivity contribution < 1.29 is 23.9 Å². The number of anilines is 2. The van der Waals surface area contributed by atoms with Gasteiger partial charge >= 0.3 is 6.03 Å². The summed E-state index contributed by atoms with van der Waals surface area (Å²) in [5, 5.41) is 5.94. The fourth-order valence-corrected chi connectivity index (χ4v) is 4.99. The minimum atomic E-state index is -0.324. The molecule has 2 aliphatic heterocycles. The van der Waals surface area contributed by atoms with Crippen molar-refractivity contribution in [1.82, 2.24) is 15.1 Å². The Balaban J connectivity index is 1.37. The molecule has 0 aliphatic carbocycles. The van der Waals surface area contributed by atoms with Gasteiger partial charge in [-0.2, -0.15) is 0 Å². The van der Waals surface area contributed by atoms with Gasteiger partial charge in [0.1, 0.15) is 0 Å². The molecule has 3 aromatic carbocycles. The van der Waals surface area contributed by atoms with Crippen LogP contribution in [0.3, 0.4) is 0 Å². The smallest absolute Gasteiger partial charge is 0.317 e. The van der Waals surface area contributed by atoms with Crippen molar-refractivity contribution in [3.05, 3.63) is 83.4 Å². The van der Waals surface area contributed by atoms with Gasteiger partial charge in [-0.25, -0.2) is 4.79 Å². The number of rotatable bonds is 6. The molecule has 0 unspecified atom stereocenters. The summed E-state index contributed by atoms with van der Waals surface area (Å²) < 4.78 is 10.8. The first-order valence-electron chi connectivity index (χ1n) is 14.0. The monoisotopic (exact) mass is 571 g/mol. The summed E-state index contributed by atoms with van der Waals surface area (Å²) in [5.41, 5.74) is 2.85. The Morgan fingerprint density at radius 2 is 1.60 bits per heavy atom. The fraction of sp³-hybridized carbons (Fsp3) is 0.344. The number of carbonyl (C=O) groups excluding carboxylic acids is 3. The Hall–Kier alpha value is -4.73. The molecule has 0 saturated carbocycles. The second-order valence-corrected chi connectivity index (χ2v) is 11.6. The van der Waals surface area contributed by atoms with Gasteiger partial charge in [0.2, 0.25) is 6.79 Å². The standard InChI is InChI=1S/C32H37N5O5/c1-32(2,3)34-31(40)37-16-14-36(15-17-37)26-12-11-24(33-29(38)23-10-13-27-28(18-23)42-21-41-27)19-25(26)30(39)35(4)20-22-8-6-5-7-9-22/h5-13,18-19H,14-17,20-21H2,1-4H3,(H,33,38)(H,34,40). The number of nitrogens with one attached hydrogen (secondary N) is 2. The molecule has 5 rings (SSSR count). The highest BCUT2D eigenvalue weighted by Crippen LogP contribution is 2.33. The van der Waals surface area contributed by atoms with Crippen molar-refractivity contribution >= 4 is 29.2 Å². The number of hydrogen-bond acceptors (Lipinski definition) is 6. The van der Waals surface area contributed by atoms with Crippen LogP contribution < -0.4 is 25.0 Å². The van der Waals surface area contributed by atoms with Gasteiger partial charge in [-0.05, 0) is 62.7 Å². The molecule has 0 atom stereocenters. The highest BCUT2D eigenvalue weighted by Gasteiger charge is 2.27. The number of nitrogens with zero attached hydrogens (tertiary/aromatic N) is 3. The topological polar surface area (TPSA) is 103 Å². The van der Waals surface area contributed by atoms with Gasteiger partial charge < -0.3 is 34.8 Å². The lowest BCUT2D eigenvalue weighted by molar-refractivity contribution is 0.0785. The predicted octanol–water partition coefficient (Wildman–Crippen LogP) is 4.57. The zero-order chi connectivity index (χ0) is 29.9. The molecular formula is C32H37N5O5. The lowest BCUT2D eigenvalue weighted by atomic mass is 10.1. The molecule has 0 spiro atoms. The lowest BCUT2D eigenvalue weighted by Gasteiger charge is -2.38. The van der Waals surface area contributed by atoms with Crippen LogP contribution in [0.4, 0.5) is 16.2 Å². The van der Waals surface area contributed by atoms with Crippen LogP contribution in [-0.2, 0) is 6.54 Å². The maximum Gasteiger partial charge on any atom is 0.317 e. The molecule has 10 nitrogen and oxygen atoms in total. The molecule has 220 valence electrons. The van der Waals surface area contributed by atoms with Crippen molar-refractivity contribution in [2.45, 2.75) is 32.9 Å². The van der Waals surface area contributed by atoms with E-state index in [1.165, 1.54) is 0 Å². The van der Waals surface area contributed by atoms with E-state index >= 15 is 0 Å². The summed E-state index contributed by atoms with van der Waals surface area (Å²) in [5.74, 6) is 0.629. The fourth-order valence-electron chi connectivity index (χ4n) is 4.99. The summed E-state index contributed by atoms with van der Waals surface area (Å²) in [4.78, 5) is 45.2. The van der Waals surface area contributed by atoms with E-state index in [9.17, 15) is 14.4 Å². The first kappa shape index (κ1) is 28.8. The van der Waals surface area contributed by atoms with Crippen LogP contribution in [0.25, 0.3) is 0 Å². The lowest BCUT2D eigenvalue weighted by Crippen LogP contribution is -2.55. The maximum atomic E-state index is 13.9. The molecule has 0 radical (unpaired) electrons. The number of fused-ring (bicyclic) bond motifs is 1. The number of carbonyl (C=O) groups is 3. The number of hydrogen-bond donors (Lipinski definition) is 2. The molecule has 1 fully saturated rings. The number of ether oxygens (including phenoxy) is 2. The van der Waals surface area contributed by atoms with E-state index in [1.54, 1.807) is 47.2 Å². The van der Waals surface area contributed by atoms with Gasteiger partial charge in [-0.3, -0.25) is 9.59 Å². The Bertz CT molecular complexity index is 1460. The minimum Gasteiger partial charge on any atom is -0.454 e. The van der Waals surface area contributed by atoms with Crippen molar-refractivity contribution in [3.63, 3.8) is 0 Å². The molecule has 4 amide bonds. The summed E-state index contributed by atoms with van der Waals surface area (Å²) in [7, 11) is 1.77. The summed E-state index contributed by atoms with van der Waals surface area (Å²) in [6.45, 7) is 8.63. The molecule has 0 bridgehead atoms. The van der Waals surface area contributed by atoms with Crippen molar-refractivity contribution in [2.75, 3.05) is 50.2 Å². The average molecular weight is 572 g/mol. The molecule has 42 heavy (non-hydrogen) atoms. The molecule has 1 saturated heterocycles. The third-order valence-electron chi connectivity index (χ3n) is 7.12. The molecule has 0 aromatic heterocycles. The van der Waals surface area contributed by atoms with E-state index in [2.05, 4.69) is 15.5 Å². The predicted molar refractivity (Wildman–Crippen MR) is 161 cm³/mol. The summed E-state index contributed by atoms with van der Waals surface area (Å²) in [6, 6.07) is 20.1. The number of amides is 4. The first-order chi connectivity index (χ1) is 20.1. The minimum absolute atomic E-state index is 0.0948. The third kappa shape index (κ3) is 6.76. The Morgan fingerprint density at radius 1 is 0.881 bits per heavy atom.